The van der Waals surface area contributed by atoms with E-state index >= 15 is 0 Å². The molecule has 20 heavy (non-hydrogen) atoms. The van der Waals surface area contributed by atoms with Crippen molar-refractivity contribution in [1.29, 1.82) is 0 Å². The van der Waals surface area contributed by atoms with E-state index in [4.69, 9.17) is 4.74 Å². The maximum absolute atomic E-state index is 14.0. The first-order valence-electron chi connectivity index (χ1n) is 6.41. The topological polar surface area (TPSA) is 51.4 Å². The van der Waals surface area contributed by atoms with Crippen molar-refractivity contribution in [3.05, 3.63) is 47.5 Å². The molecule has 2 heterocycles. The molecule has 2 aromatic rings. The quantitative estimate of drug-likeness (QED) is 0.919. The smallest absolute Gasteiger partial charge is 0.165 e. The minimum absolute atomic E-state index is 0.233. The number of hydrogen-bond acceptors (Lipinski definition) is 4. The minimum atomic E-state index is -0.386. The number of nitrogens with one attached hydrogen (secondary N) is 1. The Hall–Kier alpha value is -2.37. The molecule has 0 saturated carbocycles. The van der Waals surface area contributed by atoms with Crippen LogP contribution in [0.25, 0.3) is 0 Å². The highest BCUT2D eigenvalue weighted by Gasteiger charge is 2.11. The van der Waals surface area contributed by atoms with E-state index in [1.165, 1.54) is 6.07 Å². The standard InChI is InChI=1S/C14H15FN4O/c1-19-8-10(7-18-19)9-20-13-3-2-11(6-12(13)15)14-16-4-5-17-14/h2-3,6-8H,4-5,9H2,1H3,(H,16,17). The number of benzene rings is 1. The van der Waals surface area contributed by atoms with E-state index in [0.29, 0.717) is 6.61 Å². The molecule has 0 radical (unpaired) electrons. The van der Waals surface area contributed by atoms with Crippen LogP contribution in [0.15, 0.2) is 35.6 Å². The first kappa shape index (κ1) is 12.7. The Morgan fingerprint density at radius 3 is 3.00 bits per heavy atom. The molecule has 1 aromatic carbocycles. The van der Waals surface area contributed by atoms with Crippen molar-refractivity contribution in [1.82, 2.24) is 15.1 Å². The maximum Gasteiger partial charge on any atom is 0.165 e. The SMILES string of the molecule is Cn1cc(COc2ccc(C3=NCCN3)cc2F)cn1. The van der Waals surface area contributed by atoms with E-state index < -0.39 is 0 Å². The molecule has 1 aliphatic heterocycles. The van der Waals surface area contributed by atoms with Gasteiger partial charge in [-0.3, -0.25) is 9.67 Å². The second kappa shape index (κ2) is 5.32. The average molecular weight is 274 g/mol. The Balaban J connectivity index is 1.71. The largest absolute Gasteiger partial charge is 0.486 e. The summed E-state index contributed by atoms with van der Waals surface area (Å²) in [5.74, 6) is 0.585. The van der Waals surface area contributed by atoms with Crippen LogP contribution in [-0.4, -0.2) is 28.7 Å². The highest BCUT2D eigenvalue weighted by atomic mass is 19.1. The normalized spacial score (nSPS) is 14.0. The number of rotatable bonds is 4. The highest BCUT2D eigenvalue weighted by molar-refractivity contribution is 5.99. The fourth-order valence-corrected chi connectivity index (χ4v) is 2.06. The Morgan fingerprint density at radius 1 is 1.45 bits per heavy atom. The van der Waals surface area contributed by atoms with Crippen LogP contribution in [0.3, 0.4) is 0 Å². The predicted octanol–water partition coefficient (Wildman–Crippen LogP) is 1.49. The van der Waals surface area contributed by atoms with Gasteiger partial charge in [0.05, 0.1) is 12.7 Å². The van der Waals surface area contributed by atoms with Crippen molar-refractivity contribution in [2.24, 2.45) is 12.0 Å². The predicted molar refractivity (Wildman–Crippen MR) is 73.3 cm³/mol. The number of halogens is 1. The molecule has 0 fully saturated rings. The van der Waals surface area contributed by atoms with Crippen molar-refractivity contribution in [2.75, 3.05) is 13.1 Å². The Bertz CT molecular complexity index is 650. The van der Waals surface area contributed by atoms with E-state index in [9.17, 15) is 4.39 Å². The van der Waals surface area contributed by atoms with Gasteiger partial charge in [0, 0.05) is 30.9 Å². The molecule has 0 amide bonds. The number of nitrogens with zero attached hydrogens (tertiary/aromatic N) is 3. The van der Waals surface area contributed by atoms with Crippen molar-refractivity contribution in [3.63, 3.8) is 0 Å². The molecular formula is C14H15FN4O. The van der Waals surface area contributed by atoms with Gasteiger partial charge in [-0.2, -0.15) is 5.10 Å². The molecule has 0 atom stereocenters. The Kier molecular flexibility index (Phi) is 3.37. The molecule has 0 aliphatic carbocycles. The summed E-state index contributed by atoms with van der Waals surface area (Å²) < 4.78 is 21.1. The Labute approximate surface area is 116 Å². The first-order valence-corrected chi connectivity index (χ1v) is 6.41. The number of hydrogen-bond donors (Lipinski definition) is 1. The molecule has 1 aliphatic rings. The molecular weight excluding hydrogens is 259 g/mol. The van der Waals surface area contributed by atoms with E-state index in [0.717, 1.165) is 30.1 Å². The fourth-order valence-electron chi connectivity index (χ4n) is 2.06. The monoisotopic (exact) mass is 274 g/mol. The maximum atomic E-state index is 14.0. The van der Waals surface area contributed by atoms with Crippen molar-refractivity contribution in [3.8, 4) is 5.75 Å². The molecule has 3 rings (SSSR count). The lowest BCUT2D eigenvalue weighted by Crippen LogP contribution is -2.19. The van der Waals surface area contributed by atoms with Crippen LogP contribution in [-0.2, 0) is 13.7 Å². The van der Waals surface area contributed by atoms with Gasteiger partial charge in [-0.15, -0.1) is 0 Å². The van der Waals surface area contributed by atoms with Crippen LogP contribution in [0.4, 0.5) is 4.39 Å². The summed E-state index contributed by atoms with van der Waals surface area (Å²) in [7, 11) is 1.83. The van der Waals surface area contributed by atoms with Gasteiger partial charge in [-0.05, 0) is 18.2 Å². The summed E-state index contributed by atoms with van der Waals surface area (Å²) in [6.45, 7) is 1.83. The number of aryl methyl sites for hydroxylation is 1. The first-order chi connectivity index (χ1) is 9.72. The van der Waals surface area contributed by atoms with Gasteiger partial charge in [0.2, 0.25) is 0 Å². The molecule has 6 heteroatoms. The zero-order valence-corrected chi connectivity index (χ0v) is 11.1. The number of amidine groups is 1. The molecule has 104 valence electrons. The van der Waals surface area contributed by atoms with Crippen molar-refractivity contribution in [2.45, 2.75) is 6.61 Å². The van der Waals surface area contributed by atoms with Crippen LogP contribution in [0, 0.1) is 5.82 Å². The van der Waals surface area contributed by atoms with Gasteiger partial charge in [-0.25, -0.2) is 4.39 Å². The lowest BCUT2D eigenvalue weighted by atomic mass is 10.2. The number of aromatic nitrogens is 2. The molecule has 0 bridgehead atoms. The van der Waals surface area contributed by atoms with E-state index in [2.05, 4.69) is 15.4 Å². The third-order valence-corrected chi connectivity index (χ3v) is 3.03. The van der Waals surface area contributed by atoms with Gasteiger partial charge >= 0.3 is 0 Å². The van der Waals surface area contributed by atoms with Crippen LogP contribution in [0.1, 0.15) is 11.1 Å². The van der Waals surface area contributed by atoms with Crippen LogP contribution in [0.5, 0.6) is 5.75 Å². The van der Waals surface area contributed by atoms with E-state index in [1.807, 2.05) is 13.2 Å². The summed E-state index contributed by atoms with van der Waals surface area (Å²) in [6, 6.07) is 4.87. The summed E-state index contributed by atoms with van der Waals surface area (Å²) in [5, 5.41) is 7.15. The zero-order valence-electron chi connectivity index (χ0n) is 11.1. The third-order valence-electron chi connectivity index (χ3n) is 3.03. The van der Waals surface area contributed by atoms with Gasteiger partial charge < -0.3 is 10.1 Å². The van der Waals surface area contributed by atoms with Crippen molar-refractivity contribution >= 4 is 5.84 Å². The van der Waals surface area contributed by atoms with Crippen LogP contribution >= 0.6 is 0 Å². The molecule has 5 nitrogen and oxygen atoms in total. The van der Waals surface area contributed by atoms with Gasteiger partial charge in [-0.1, -0.05) is 0 Å². The van der Waals surface area contributed by atoms with Gasteiger partial charge in [0.15, 0.2) is 11.6 Å². The summed E-state index contributed by atoms with van der Waals surface area (Å²) in [5.41, 5.74) is 1.64. The lowest BCUT2D eigenvalue weighted by molar-refractivity contribution is 0.290. The van der Waals surface area contributed by atoms with Crippen LogP contribution in [0.2, 0.25) is 0 Å². The van der Waals surface area contributed by atoms with Gasteiger partial charge in [0.1, 0.15) is 12.4 Å². The second-order valence-electron chi connectivity index (χ2n) is 4.61. The van der Waals surface area contributed by atoms with Crippen molar-refractivity contribution < 1.29 is 9.13 Å². The third kappa shape index (κ3) is 2.64. The van der Waals surface area contributed by atoms with E-state index in [-0.39, 0.29) is 11.6 Å². The summed E-state index contributed by atoms with van der Waals surface area (Å²) >= 11 is 0. The molecule has 0 spiro atoms. The highest BCUT2D eigenvalue weighted by Crippen LogP contribution is 2.20. The summed E-state index contributed by atoms with van der Waals surface area (Å²) in [6.07, 6.45) is 3.53. The zero-order chi connectivity index (χ0) is 13.9. The number of aliphatic imine (C=N–C) groups is 1. The molecule has 1 aromatic heterocycles. The minimum Gasteiger partial charge on any atom is -0.486 e. The molecule has 0 saturated heterocycles. The summed E-state index contributed by atoms with van der Waals surface area (Å²) in [4.78, 5) is 4.26. The lowest BCUT2D eigenvalue weighted by Gasteiger charge is -2.08. The van der Waals surface area contributed by atoms with E-state index in [1.54, 1.807) is 23.0 Å². The molecule has 0 unspecified atom stereocenters. The van der Waals surface area contributed by atoms with Crippen LogP contribution < -0.4 is 10.1 Å². The average Bonchev–Trinajstić information content (AvgIpc) is 3.08. The second-order valence-corrected chi connectivity index (χ2v) is 4.61. The fraction of sp³-hybridized carbons (Fsp3) is 0.286. The molecule has 1 N–H and O–H groups in total. The van der Waals surface area contributed by atoms with Gasteiger partial charge in [0.25, 0.3) is 0 Å². The number of ether oxygens (including phenoxy) is 1. The Morgan fingerprint density at radius 2 is 2.35 bits per heavy atom.